The lowest BCUT2D eigenvalue weighted by atomic mass is 9.80. The largest absolute Gasteiger partial charge is 0.433 e. The summed E-state index contributed by atoms with van der Waals surface area (Å²) in [5, 5.41) is 9.53. The number of aliphatic hydroxyl groups excluding tert-OH is 1. The van der Waals surface area contributed by atoms with Crippen molar-refractivity contribution in [2.75, 3.05) is 0 Å². The zero-order valence-electron chi connectivity index (χ0n) is 11.6. The summed E-state index contributed by atoms with van der Waals surface area (Å²) in [5.41, 5.74) is 0.647. The van der Waals surface area contributed by atoms with Crippen LogP contribution in [0.4, 0.5) is 0 Å². The summed E-state index contributed by atoms with van der Waals surface area (Å²) in [6.45, 7) is 11.7. The lowest BCUT2D eigenvalue weighted by molar-refractivity contribution is -0.164. The summed E-state index contributed by atoms with van der Waals surface area (Å²) >= 11 is 0. The molecule has 1 atom stereocenters. The summed E-state index contributed by atoms with van der Waals surface area (Å²) in [4.78, 5) is 11.1. The molecule has 3 nitrogen and oxygen atoms in total. The predicted molar refractivity (Wildman–Crippen MR) is 69.5 cm³/mol. The van der Waals surface area contributed by atoms with E-state index in [1.54, 1.807) is 6.92 Å². The third-order valence-corrected chi connectivity index (χ3v) is 3.53. The number of hydrogen-bond acceptors (Lipinski definition) is 3. The van der Waals surface area contributed by atoms with Crippen LogP contribution in [0.2, 0.25) is 0 Å². The molecule has 17 heavy (non-hydrogen) atoms. The maximum absolute atomic E-state index is 11.1. The van der Waals surface area contributed by atoms with E-state index in [0.29, 0.717) is 17.4 Å². The van der Waals surface area contributed by atoms with Crippen molar-refractivity contribution in [3.63, 3.8) is 0 Å². The van der Waals surface area contributed by atoms with Crippen molar-refractivity contribution in [1.82, 2.24) is 0 Å². The van der Waals surface area contributed by atoms with Crippen LogP contribution in [0.25, 0.3) is 0 Å². The molecule has 0 amide bonds. The lowest BCUT2D eigenvalue weighted by Gasteiger charge is -2.26. The van der Waals surface area contributed by atoms with E-state index in [0.717, 1.165) is 25.7 Å². The fourth-order valence-electron chi connectivity index (χ4n) is 1.59. The van der Waals surface area contributed by atoms with Gasteiger partial charge in [0, 0.05) is 12.0 Å². The first kappa shape index (κ1) is 16.2. The molecule has 0 aromatic heterocycles. The van der Waals surface area contributed by atoms with Crippen LogP contribution in [-0.4, -0.2) is 17.4 Å². The highest BCUT2D eigenvalue weighted by atomic mass is 16.6. The fraction of sp³-hybridized carbons (Fsp3) is 0.786. The Balaban J connectivity index is 3.89. The first-order valence-corrected chi connectivity index (χ1v) is 6.39. The van der Waals surface area contributed by atoms with E-state index in [9.17, 15) is 9.90 Å². The average molecular weight is 242 g/mol. The van der Waals surface area contributed by atoms with Gasteiger partial charge in [0.1, 0.15) is 0 Å². The van der Waals surface area contributed by atoms with E-state index in [2.05, 4.69) is 27.4 Å². The summed E-state index contributed by atoms with van der Waals surface area (Å²) < 4.78 is 4.81. The van der Waals surface area contributed by atoms with Gasteiger partial charge in [-0.1, -0.05) is 40.2 Å². The highest BCUT2D eigenvalue weighted by molar-refractivity contribution is 5.86. The molecule has 0 saturated heterocycles. The van der Waals surface area contributed by atoms with Crippen molar-refractivity contribution in [3.05, 3.63) is 12.2 Å². The SMILES string of the molecule is C=C(C)C(=O)OC(O)CCCC(C)(CC)CC. The van der Waals surface area contributed by atoms with Crippen molar-refractivity contribution < 1.29 is 14.6 Å². The van der Waals surface area contributed by atoms with Gasteiger partial charge in [0.05, 0.1) is 0 Å². The molecule has 1 unspecified atom stereocenters. The minimum atomic E-state index is -1.00. The second kappa shape index (κ2) is 7.49. The van der Waals surface area contributed by atoms with Crippen LogP contribution in [0.1, 0.15) is 59.8 Å². The topological polar surface area (TPSA) is 46.5 Å². The van der Waals surface area contributed by atoms with Crippen molar-refractivity contribution in [1.29, 1.82) is 0 Å². The second-order valence-electron chi connectivity index (χ2n) is 5.05. The highest BCUT2D eigenvalue weighted by Crippen LogP contribution is 2.31. The van der Waals surface area contributed by atoms with Crippen molar-refractivity contribution in [2.24, 2.45) is 5.41 Å². The molecule has 0 aromatic carbocycles. The van der Waals surface area contributed by atoms with Gasteiger partial charge in [-0.05, 0) is 25.2 Å². The monoisotopic (exact) mass is 242 g/mol. The van der Waals surface area contributed by atoms with Gasteiger partial charge in [-0.15, -0.1) is 0 Å². The number of hydrogen-bond donors (Lipinski definition) is 1. The Hall–Kier alpha value is -0.830. The maximum atomic E-state index is 11.1. The molecule has 0 spiro atoms. The summed E-state index contributed by atoms with van der Waals surface area (Å²) in [6, 6.07) is 0. The van der Waals surface area contributed by atoms with Crippen LogP contribution >= 0.6 is 0 Å². The van der Waals surface area contributed by atoms with E-state index >= 15 is 0 Å². The van der Waals surface area contributed by atoms with Crippen LogP contribution in [0, 0.1) is 5.41 Å². The molecule has 0 bridgehead atoms. The first-order chi connectivity index (χ1) is 7.84. The second-order valence-corrected chi connectivity index (χ2v) is 5.05. The quantitative estimate of drug-likeness (QED) is 0.403. The number of rotatable bonds is 8. The van der Waals surface area contributed by atoms with Gasteiger partial charge in [-0.3, -0.25) is 0 Å². The third-order valence-electron chi connectivity index (χ3n) is 3.53. The maximum Gasteiger partial charge on any atom is 0.335 e. The number of aliphatic hydroxyl groups is 1. The van der Waals surface area contributed by atoms with Crippen LogP contribution in [0.15, 0.2) is 12.2 Å². The summed E-state index contributed by atoms with van der Waals surface area (Å²) in [7, 11) is 0. The number of esters is 1. The molecule has 0 rings (SSSR count). The highest BCUT2D eigenvalue weighted by Gasteiger charge is 2.20. The molecule has 0 aliphatic rings. The Kier molecular flexibility index (Phi) is 7.12. The molecule has 0 aromatic rings. The van der Waals surface area contributed by atoms with E-state index in [1.165, 1.54) is 0 Å². The van der Waals surface area contributed by atoms with Crippen LogP contribution in [0.5, 0.6) is 0 Å². The van der Waals surface area contributed by atoms with Crippen molar-refractivity contribution >= 4 is 5.97 Å². The molecular formula is C14H26O3. The van der Waals surface area contributed by atoms with Gasteiger partial charge in [0.2, 0.25) is 6.29 Å². The van der Waals surface area contributed by atoms with Gasteiger partial charge in [0.25, 0.3) is 0 Å². The Labute approximate surface area is 105 Å². The standard InChI is InChI=1S/C14H26O3/c1-6-14(5,7-2)10-8-9-12(15)17-13(16)11(3)4/h12,15H,3,6-10H2,1-2,4-5H3. The van der Waals surface area contributed by atoms with Crippen molar-refractivity contribution in [3.8, 4) is 0 Å². The van der Waals surface area contributed by atoms with Gasteiger partial charge in [-0.2, -0.15) is 0 Å². The van der Waals surface area contributed by atoms with Gasteiger partial charge < -0.3 is 9.84 Å². The zero-order valence-corrected chi connectivity index (χ0v) is 11.6. The fourth-order valence-corrected chi connectivity index (χ4v) is 1.59. The molecule has 0 radical (unpaired) electrons. The van der Waals surface area contributed by atoms with Crippen LogP contribution in [-0.2, 0) is 9.53 Å². The zero-order chi connectivity index (χ0) is 13.5. The van der Waals surface area contributed by atoms with Crippen LogP contribution < -0.4 is 0 Å². The summed E-state index contributed by atoms with van der Waals surface area (Å²) in [5.74, 6) is -0.522. The smallest absolute Gasteiger partial charge is 0.335 e. The van der Waals surface area contributed by atoms with E-state index < -0.39 is 12.3 Å². The van der Waals surface area contributed by atoms with E-state index in [4.69, 9.17) is 4.74 Å². The number of carbonyl (C=O) groups excluding carboxylic acids is 1. The Morgan fingerprint density at radius 3 is 2.35 bits per heavy atom. The average Bonchev–Trinajstić information content (AvgIpc) is 2.28. The van der Waals surface area contributed by atoms with Gasteiger partial charge in [0.15, 0.2) is 0 Å². The molecule has 0 fully saturated rings. The van der Waals surface area contributed by atoms with Crippen LogP contribution in [0.3, 0.4) is 0 Å². The van der Waals surface area contributed by atoms with Crippen molar-refractivity contribution in [2.45, 2.75) is 66.1 Å². The summed E-state index contributed by atoms with van der Waals surface area (Å²) in [6.07, 6.45) is 3.66. The number of ether oxygens (including phenoxy) is 1. The van der Waals surface area contributed by atoms with E-state index in [1.807, 2.05) is 0 Å². The minimum absolute atomic E-state index is 0.316. The molecule has 0 aliphatic heterocycles. The normalized spacial score (nSPS) is 13.2. The van der Waals surface area contributed by atoms with Gasteiger partial charge >= 0.3 is 5.97 Å². The molecule has 0 heterocycles. The molecule has 100 valence electrons. The predicted octanol–water partition coefficient (Wildman–Crippen LogP) is 3.42. The molecule has 0 saturated carbocycles. The number of carbonyl (C=O) groups is 1. The first-order valence-electron chi connectivity index (χ1n) is 6.39. The Morgan fingerprint density at radius 1 is 1.41 bits per heavy atom. The minimum Gasteiger partial charge on any atom is -0.433 e. The van der Waals surface area contributed by atoms with E-state index in [-0.39, 0.29) is 0 Å². The molecule has 1 N–H and O–H groups in total. The lowest BCUT2D eigenvalue weighted by Crippen LogP contribution is -2.19. The Bertz CT molecular complexity index is 254. The molecular weight excluding hydrogens is 216 g/mol. The van der Waals surface area contributed by atoms with Gasteiger partial charge in [-0.25, -0.2) is 4.79 Å². The molecule has 0 aliphatic carbocycles. The molecule has 3 heteroatoms. The third kappa shape index (κ3) is 6.47. The Morgan fingerprint density at radius 2 is 1.94 bits per heavy atom.